The first kappa shape index (κ1) is 16.0. The van der Waals surface area contributed by atoms with Crippen LogP contribution in [0.5, 0.6) is 5.75 Å². The topological polar surface area (TPSA) is 35.0 Å². The number of hydrogen-bond acceptors (Lipinski definition) is 3. The van der Waals surface area contributed by atoms with Gasteiger partial charge in [0.1, 0.15) is 12.4 Å². The zero-order chi connectivity index (χ0) is 17.6. The molecule has 0 fully saturated rings. The Bertz CT molecular complexity index is 1040. The molecule has 0 aliphatic heterocycles. The predicted octanol–water partition coefficient (Wildman–Crippen LogP) is 5.38. The Hall–Kier alpha value is -3.46. The van der Waals surface area contributed by atoms with E-state index in [1.165, 1.54) is 0 Å². The Kier molecular flexibility index (Phi) is 4.70. The van der Waals surface area contributed by atoms with Crippen molar-refractivity contribution in [3.05, 3.63) is 102 Å². The van der Waals surface area contributed by atoms with Crippen LogP contribution >= 0.6 is 0 Å². The van der Waals surface area contributed by atoms with Gasteiger partial charge in [-0.05, 0) is 36.4 Å². The molecule has 2 aromatic heterocycles. The lowest BCUT2D eigenvalue weighted by molar-refractivity contribution is 0.305. The maximum atomic E-state index is 5.97. The summed E-state index contributed by atoms with van der Waals surface area (Å²) in [6.07, 6.45) is 7.63. The van der Waals surface area contributed by atoms with Gasteiger partial charge in [-0.25, -0.2) is 4.98 Å². The highest BCUT2D eigenvalue weighted by molar-refractivity contribution is 5.81. The van der Waals surface area contributed by atoms with Gasteiger partial charge in [0.25, 0.3) is 0 Å². The molecule has 126 valence electrons. The number of para-hydroxylation sites is 2. The summed E-state index contributed by atoms with van der Waals surface area (Å²) in [7, 11) is 0. The fourth-order valence-electron chi connectivity index (χ4n) is 2.74. The third-order valence-corrected chi connectivity index (χ3v) is 4.09. The highest BCUT2D eigenvalue weighted by Crippen LogP contribution is 2.22. The maximum absolute atomic E-state index is 5.97. The molecule has 0 aliphatic carbocycles. The van der Waals surface area contributed by atoms with Crippen molar-refractivity contribution in [2.45, 2.75) is 6.61 Å². The molecule has 0 unspecified atom stereocenters. The molecule has 0 N–H and O–H groups in total. The molecule has 3 heteroatoms. The first-order valence-electron chi connectivity index (χ1n) is 8.53. The van der Waals surface area contributed by atoms with Crippen LogP contribution in [-0.2, 0) is 6.61 Å². The molecule has 0 saturated heterocycles. The van der Waals surface area contributed by atoms with Gasteiger partial charge < -0.3 is 4.74 Å². The standard InChI is InChI=1S/C23H18N2O/c1-3-9-22-19(7-1)11-13-21(25-22)14-12-20-8-2-4-10-23(20)26-17-18-6-5-15-24-16-18/h1-16H,17H2/b14-12+. The molecule has 0 bridgehead atoms. The molecule has 0 aliphatic rings. The van der Waals surface area contributed by atoms with Gasteiger partial charge in [0.05, 0.1) is 11.2 Å². The van der Waals surface area contributed by atoms with Crippen LogP contribution in [0.4, 0.5) is 0 Å². The van der Waals surface area contributed by atoms with E-state index in [0.29, 0.717) is 6.61 Å². The summed E-state index contributed by atoms with van der Waals surface area (Å²) in [6.45, 7) is 0.493. The summed E-state index contributed by atoms with van der Waals surface area (Å²) < 4.78 is 5.97. The van der Waals surface area contributed by atoms with Crippen LogP contribution in [0.3, 0.4) is 0 Å². The van der Waals surface area contributed by atoms with Crippen molar-refractivity contribution in [2.75, 3.05) is 0 Å². The summed E-state index contributed by atoms with van der Waals surface area (Å²) >= 11 is 0. The van der Waals surface area contributed by atoms with Gasteiger partial charge in [-0.15, -0.1) is 0 Å². The molecule has 0 radical (unpaired) electrons. The van der Waals surface area contributed by atoms with E-state index in [4.69, 9.17) is 4.74 Å². The number of rotatable bonds is 5. The summed E-state index contributed by atoms with van der Waals surface area (Å²) in [6, 6.07) is 24.1. The first-order valence-corrected chi connectivity index (χ1v) is 8.53. The van der Waals surface area contributed by atoms with E-state index in [-0.39, 0.29) is 0 Å². The third kappa shape index (κ3) is 3.78. The van der Waals surface area contributed by atoms with E-state index >= 15 is 0 Å². The smallest absolute Gasteiger partial charge is 0.127 e. The zero-order valence-corrected chi connectivity index (χ0v) is 14.2. The molecule has 4 rings (SSSR count). The molecule has 4 aromatic rings. The molecular weight excluding hydrogens is 320 g/mol. The second-order valence-corrected chi connectivity index (χ2v) is 5.95. The highest BCUT2D eigenvalue weighted by Gasteiger charge is 2.01. The number of pyridine rings is 2. The van der Waals surface area contributed by atoms with Crippen LogP contribution in [-0.4, -0.2) is 9.97 Å². The lowest BCUT2D eigenvalue weighted by Gasteiger charge is -2.09. The minimum atomic E-state index is 0.493. The van der Waals surface area contributed by atoms with Gasteiger partial charge >= 0.3 is 0 Å². The van der Waals surface area contributed by atoms with Crippen molar-refractivity contribution in [2.24, 2.45) is 0 Å². The number of hydrogen-bond donors (Lipinski definition) is 0. The predicted molar refractivity (Wildman–Crippen MR) is 106 cm³/mol. The Morgan fingerprint density at radius 3 is 2.62 bits per heavy atom. The Morgan fingerprint density at radius 1 is 0.808 bits per heavy atom. The minimum absolute atomic E-state index is 0.493. The van der Waals surface area contributed by atoms with Crippen LogP contribution in [0.1, 0.15) is 16.8 Å². The fraction of sp³-hybridized carbons (Fsp3) is 0.0435. The van der Waals surface area contributed by atoms with Gasteiger partial charge in [-0.3, -0.25) is 4.98 Å². The van der Waals surface area contributed by atoms with Crippen molar-refractivity contribution in [3.8, 4) is 5.75 Å². The Labute approximate surface area is 152 Å². The number of ether oxygens (including phenoxy) is 1. The maximum Gasteiger partial charge on any atom is 0.127 e. The number of fused-ring (bicyclic) bond motifs is 1. The average molecular weight is 338 g/mol. The normalized spacial score (nSPS) is 11.1. The second kappa shape index (κ2) is 7.62. The van der Waals surface area contributed by atoms with Gasteiger partial charge in [0.15, 0.2) is 0 Å². The van der Waals surface area contributed by atoms with Crippen molar-refractivity contribution in [1.82, 2.24) is 9.97 Å². The number of aromatic nitrogens is 2. The van der Waals surface area contributed by atoms with Gasteiger partial charge in [0.2, 0.25) is 0 Å². The molecule has 3 nitrogen and oxygen atoms in total. The van der Waals surface area contributed by atoms with Crippen molar-refractivity contribution in [1.29, 1.82) is 0 Å². The fourth-order valence-corrected chi connectivity index (χ4v) is 2.74. The summed E-state index contributed by atoms with van der Waals surface area (Å²) in [5, 5.41) is 1.14. The molecule has 26 heavy (non-hydrogen) atoms. The van der Waals surface area contributed by atoms with E-state index in [1.807, 2.05) is 79.0 Å². The van der Waals surface area contributed by atoms with E-state index in [0.717, 1.165) is 33.5 Å². The summed E-state index contributed by atoms with van der Waals surface area (Å²) in [5.41, 5.74) is 3.98. The average Bonchev–Trinajstić information content (AvgIpc) is 2.72. The molecule has 0 atom stereocenters. The Balaban J connectivity index is 1.54. The van der Waals surface area contributed by atoms with Crippen LogP contribution in [0.2, 0.25) is 0 Å². The molecule has 2 aromatic carbocycles. The zero-order valence-electron chi connectivity index (χ0n) is 14.2. The van der Waals surface area contributed by atoms with Crippen LogP contribution in [0.25, 0.3) is 23.1 Å². The summed E-state index contributed by atoms with van der Waals surface area (Å²) in [4.78, 5) is 8.80. The quantitative estimate of drug-likeness (QED) is 0.490. The van der Waals surface area contributed by atoms with E-state index in [2.05, 4.69) is 22.1 Å². The SMILES string of the molecule is C(=C\c1ccccc1OCc1cccnc1)/c1ccc2ccccc2n1. The van der Waals surface area contributed by atoms with Gasteiger partial charge in [0, 0.05) is 28.9 Å². The molecule has 0 amide bonds. The molecule has 0 spiro atoms. The van der Waals surface area contributed by atoms with E-state index < -0.39 is 0 Å². The largest absolute Gasteiger partial charge is 0.488 e. The van der Waals surface area contributed by atoms with Crippen molar-refractivity contribution >= 4 is 23.1 Å². The van der Waals surface area contributed by atoms with Gasteiger partial charge in [-0.1, -0.05) is 48.5 Å². The van der Waals surface area contributed by atoms with E-state index in [1.54, 1.807) is 6.20 Å². The van der Waals surface area contributed by atoms with Crippen molar-refractivity contribution < 1.29 is 4.74 Å². The monoisotopic (exact) mass is 338 g/mol. The molecule has 2 heterocycles. The van der Waals surface area contributed by atoms with Crippen LogP contribution < -0.4 is 4.74 Å². The lowest BCUT2D eigenvalue weighted by Crippen LogP contribution is -1.97. The van der Waals surface area contributed by atoms with Gasteiger partial charge in [-0.2, -0.15) is 0 Å². The summed E-state index contributed by atoms with van der Waals surface area (Å²) in [5.74, 6) is 0.841. The van der Waals surface area contributed by atoms with Crippen molar-refractivity contribution in [3.63, 3.8) is 0 Å². The Morgan fingerprint density at radius 2 is 1.69 bits per heavy atom. The number of nitrogens with zero attached hydrogens (tertiary/aromatic N) is 2. The lowest BCUT2D eigenvalue weighted by atomic mass is 10.1. The first-order chi connectivity index (χ1) is 12.9. The van der Waals surface area contributed by atoms with Crippen LogP contribution in [0, 0.1) is 0 Å². The minimum Gasteiger partial charge on any atom is -0.488 e. The third-order valence-electron chi connectivity index (χ3n) is 4.09. The highest BCUT2D eigenvalue weighted by atomic mass is 16.5. The molecular formula is C23H18N2O. The van der Waals surface area contributed by atoms with E-state index in [9.17, 15) is 0 Å². The van der Waals surface area contributed by atoms with Crippen LogP contribution in [0.15, 0.2) is 85.2 Å². The number of benzene rings is 2. The molecule has 0 saturated carbocycles. The second-order valence-electron chi connectivity index (χ2n) is 5.95.